The van der Waals surface area contributed by atoms with Gasteiger partial charge < -0.3 is 75.1 Å². The minimum Gasteiger partial charge on any atom is -0.481 e. The van der Waals surface area contributed by atoms with E-state index in [-0.39, 0.29) is 38.0 Å². The molecule has 3 rings (SSSR count). The molecule has 0 spiro atoms. The zero-order chi connectivity index (χ0) is 47.6. The van der Waals surface area contributed by atoms with E-state index >= 15 is 0 Å². The molecule has 2 fully saturated rings. The first-order chi connectivity index (χ1) is 30.2. The van der Waals surface area contributed by atoms with Crippen LogP contribution >= 0.6 is 0 Å². The Morgan fingerprint density at radius 1 is 0.625 bits per heavy atom. The van der Waals surface area contributed by atoms with E-state index in [1.807, 2.05) is 37.3 Å². The molecule has 0 aliphatic carbocycles. The van der Waals surface area contributed by atoms with Crippen molar-refractivity contribution in [2.45, 2.75) is 177 Å². The number of aliphatic carboxylic acids is 1. The molecule has 4 unspecified atom stereocenters. The highest BCUT2D eigenvalue weighted by molar-refractivity contribution is 5.71. The van der Waals surface area contributed by atoms with Gasteiger partial charge in [0.15, 0.2) is 12.1 Å². The van der Waals surface area contributed by atoms with E-state index in [1.165, 1.54) is 0 Å². The fraction of sp³-hybridized carbons (Fsp3) is 0.660. The molecule has 0 aromatic heterocycles. The summed E-state index contributed by atoms with van der Waals surface area (Å²) in [6, 6.07) is 0. The predicted molar refractivity (Wildman–Crippen MR) is 234 cm³/mol. The lowest BCUT2D eigenvalue weighted by Crippen LogP contribution is -2.56. The van der Waals surface area contributed by atoms with Crippen LogP contribution in [0.3, 0.4) is 0 Å². The quantitative estimate of drug-likeness (QED) is 0.180. The summed E-state index contributed by atoms with van der Waals surface area (Å²) in [4.78, 5) is 25.0. The van der Waals surface area contributed by atoms with Gasteiger partial charge in [0.1, 0.15) is 18.1 Å². The Labute approximate surface area is 375 Å². The number of carboxylic acids is 1. The first-order valence-electron chi connectivity index (χ1n) is 22.1. The topological polar surface area (TPSA) is 294 Å². The third-order valence-electron chi connectivity index (χ3n) is 11.8. The first-order valence-corrected chi connectivity index (χ1v) is 22.1. The molecule has 3 aliphatic rings. The average Bonchev–Trinajstić information content (AvgIpc) is 3.19. The zero-order valence-electron chi connectivity index (χ0n) is 37.1. The van der Waals surface area contributed by atoms with Gasteiger partial charge in [0.25, 0.3) is 0 Å². The van der Waals surface area contributed by atoms with Crippen molar-refractivity contribution in [3.05, 3.63) is 85.1 Å². The number of allylic oxidation sites excluding steroid dienone is 12. The van der Waals surface area contributed by atoms with E-state index in [9.17, 15) is 65.8 Å². The predicted octanol–water partition coefficient (Wildman–Crippen LogP) is 1.77. The van der Waals surface area contributed by atoms with Crippen LogP contribution in [0.2, 0.25) is 0 Å². The van der Waals surface area contributed by atoms with Crippen LogP contribution in [0.4, 0.5) is 0 Å². The number of aliphatic hydroxyl groups excluding tert-OH is 9. The lowest BCUT2D eigenvalue weighted by Gasteiger charge is -2.45. The standard InChI is InChI=1S/C47H72O17/c1-28-17-15-13-11-9-7-5-6-8-10-12-14-16-18-35(63-46-39(54)25-37(52)31(4)62-46)24-41-43(45(58)59)40(55)27-47(60,64-41)26-34(50)22-38(53)36(51)20-19-32(48)21-33(49)23-42(56)61-30(3)29(2)44(28)57/h5-18,28-41,43-44,46,48-55,57,60H,19-27H2,1-4H3,(H,58,59)/b6-5-,9-7-,10-8-,13-11-,14-12-,17-15-,18-16-/t28-,29-,30-,31?,32+,33+,34-,35-,36+,37?,38+,39?,40-,41-,43+,44+,46?,47+/m0/s1. The first kappa shape index (κ1) is 54.9. The average molecular weight is 909 g/mol. The van der Waals surface area contributed by atoms with Crippen LogP contribution in [0.25, 0.3) is 0 Å². The van der Waals surface area contributed by atoms with Gasteiger partial charge in [-0.2, -0.15) is 0 Å². The number of cyclic esters (lactones) is 1. The molecule has 11 N–H and O–H groups in total. The molecule has 64 heavy (non-hydrogen) atoms. The third-order valence-corrected chi connectivity index (χ3v) is 11.8. The van der Waals surface area contributed by atoms with Crippen LogP contribution in [0.5, 0.6) is 0 Å². The van der Waals surface area contributed by atoms with Crippen LogP contribution in [-0.4, -0.2) is 160 Å². The van der Waals surface area contributed by atoms with Crippen molar-refractivity contribution in [3.8, 4) is 0 Å². The monoisotopic (exact) mass is 908 g/mol. The van der Waals surface area contributed by atoms with Gasteiger partial charge in [0.05, 0.1) is 73.6 Å². The van der Waals surface area contributed by atoms with Gasteiger partial charge in [-0.25, -0.2) is 0 Å². The highest BCUT2D eigenvalue weighted by Gasteiger charge is 2.50. The van der Waals surface area contributed by atoms with Crippen LogP contribution in [0, 0.1) is 17.8 Å². The maximum Gasteiger partial charge on any atom is 0.311 e. The van der Waals surface area contributed by atoms with E-state index in [1.54, 1.807) is 75.5 Å². The number of rotatable bonds is 3. The number of carbonyl (C=O) groups excluding carboxylic acids is 1. The molecule has 18 atom stereocenters. The van der Waals surface area contributed by atoms with E-state index in [0.717, 1.165) is 0 Å². The largest absolute Gasteiger partial charge is 0.481 e. The smallest absolute Gasteiger partial charge is 0.311 e. The van der Waals surface area contributed by atoms with Crippen molar-refractivity contribution < 1.29 is 84.7 Å². The molecule has 2 saturated heterocycles. The maximum atomic E-state index is 12.6. The summed E-state index contributed by atoms with van der Waals surface area (Å²) in [5, 5.41) is 118. The van der Waals surface area contributed by atoms with Gasteiger partial charge >= 0.3 is 11.9 Å². The Morgan fingerprint density at radius 2 is 1.20 bits per heavy atom. The number of carbonyl (C=O) groups is 2. The van der Waals surface area contributed by atoms with Crippen LogP contribution in [0.15, 0.2) is 85.1 Å². The number of hydrogen-bond donors (Lipinski definition) is 11. The lowest BCUT2D eigenvalue weighted by molar-refractivity contribution is -0.307. The van der Waals surface area contributed by atoms with Crippen molar-refractivity contribution in [1.29, 1.82) is 0 Å². The highest BCUT2D eigenvalue weighted by Crippen LogP contribution is 2.38. The lowest BCUT2D eigenvalue weighted by atomic mass is 9.82. The molecular weight excluding hydrogens is 837 g/mol. The number of ether oxygens (including phenoxy) is 4. The van der Waals surface area contributed by atoms with Crippen molar-refractivity contribution in [3.63, 3.8) is 0 Å². The van der Waals surface area contributed by atoms with Gasteiger partial charge in [0, 0.05) is 43.9 Å². The summed E-state index contributed by atoms with van der Waals surface area (Å²) in [7, 11) is 0. The number of aliphatic hydroxyl groups is 10. The van der Waals surface area contributed by atoms with Crippen LogP contribution < -0.4 is 0 Å². The third kappa shape index (κ3) is 18.8. The van der Waals surface area contributed by atoms with Gasteiger partial charge in [-0.15, -0.1) is 0 Å². The van der Waals surface area contributed by atoms with Crippen LogP contribution in [-0.2, 0) is 28.5 Å². The van der Waals surface area contributed by atoms with Gasteiger partial charge in [-0.3, -0.25) is 9.59 Å². The van der Waals surface area contributed by atoms with Crippen molar-refractivity contribution in [2.24, 2.45) is 17.8 Å². The molecule has 17 heteroatoms. The second kappa shape index (κ2) is 27.3. The summed E-state index contributed by atoms with van der Waals surface area (Å²) in [6.45, 7) is 6.82. The fourth-order valence-corrected chi connectivity index (χ4v) is 7.85. The van der Waals surface area contributed by atoms with E-state index in [4.69, 9.17) is 18.9 Å². The molecule has 3 aliphatic heterocycles. The Hall–Kier alpha value is -3.40. The number of fused-ring (bicyclic) bond motifs is 2. The van der Waals surface area contributed by atoms with Gasteiger partial charge in [0.2, 0.25) is 0 Å². The van der Waals surface area contributed by atoms with Gasteiger partial charge in [-0.05, 0) is 33.1 Å². The minimum absolute atomic E-state index is 0.0532. The summed E-state index contributed by atoms with van der Waals surface area (Å²) >= 11 is 0. The Balaban J connectivity index is 1.84. The molecule has 362 valence electrons. The van der Waals surface area contributed by atoms with E-state index < -0.39 is 141 Å². The summed E-state index contributed by atoms with van der Waals surface area (Å²) < 4.78 is 23.2. The maximum absolute atomic E-state index is 12.6. The number of carboxylic acid groups (broad SMARTS) is 1. The highest BCUT2D eigenvalue weighted by atomic mass is 16.7. The molecule has 0 amide bonds. The fourth-order valence-electron chi connectivity index (χ4n) is 7.85. The zero-order valence-corrected chi connectivity index (χ0v) is 37.1. The van der Waals surface area contributed by atoms with E-state index in [0.29, 0.717) is 0 Å². The van der Waals surface area contributed by atoms with E-state index in [2.05, 4.69) is 0 Å². The normalized spacial score (nSPS) is 44.8. The number of esters is 1. The number of hydrogen-bond acceptors (Lipinski definition) is 16. The second-order valence-corrected chi connectivity index (χ2v) is 17.4. The Bertz CT molecular complexity index is 1630. The molecule has 17 nitrogen and oxygen atoms in total. The summed E-state index contributed by atoms with van der Waals surface area (Å²) in [5.41, 5.74) is 0. The van der Waals surface area contributed by atoms with Crippen LogP contribution in [0.1, 0.15) is 85.5 Å². The summed E-state index contributed by atoms with van der Waals surface area (Å²) in [5.74, 6) is -6.74. The molecule has 0 saturated carbocycles. The summed E-state index contributed by atoms with van der Waals surface area (Å²) in [6.07, 6.45) is 4.72. The molecule has 0 aromatic rings. The molecule has 3 heterocycles. The van der Waals surface area contributed by atoms with Crippen molar-refractivity contribution in [1.82, 2.24) is 0 Å². The molecular formula is C47H72O17. The minimum atomic E-state index is -2.30. The SMILES string of the molecule is CC1OC(O[C@H]2\C=C/C=C\C=C/C=C\C=C/C=C\C=C/[C@H](C)[C@@H](O)[C@@H](C)[C@H](C)OC(=O)C[C@H](O)C[C@H](O)CC[C@@H](O)[C@H](O)C[C@H](O)C[C@]3(O)C[C@H](O)[C@@H](C(=O)O)[C@H](C2)O3)C(O)CC1O. The van der Waals surface area contributed by atoms with Crippen molar-refractivity contribution >= 4 is 11.9 Å². The molecule has 0 aromatic carbocycles. The van der Waals surface area contributed by atoms with Crippen molar-refractivity contribution in [2.75, 3.05) is 0 Å². The molecule has 0 radical (unpaired) electrons. The van der Waals surface area contributed by atoms with Gasteiger partial charge in [-0.1, -0.05) is 98.9 Å². The molecule has 2 bridgehead atoms. The second-order valence-electron chi connectivity index (χ2n) is 17.4. The Kier molecular flexibility index (Phi) is 23.4. The Morgan fingerprint density at radius 3 is 1.80 bits per heavy atom.